The lowest BCUT2D eigenvalue weighted by atomic mass is 9.96. The molecule has 3 heteroatoms. The van der Waals surface area contributed by atoms with Gasteiger partial charge in [-0.1, -0.05) is 6.07 Å². The zero-order valence-corrected chi connectivity index (χ0v) is 10.9. The highest BCUT2D eigenvalue weighted by Crippen LogP contribution is 2.24. The Bertz CT molecular complexity index is 480. The predicted octanol–water partition coefficient (Wildman–Crippen LogP) is 2.96. The van der Waals surface area contributed by atoms with Crippen molar-refractivity contribution in [3.8, 4) is 6.07 Å². The van der Waals surface area contributed by atoms with Crippen LogP contribution in [-0.4, -0.2) is 22.9 Å². The normalized spacial score (nSPS) is 23.5. The predicted molar refractivity (Wildman–Crippen MR) is 70.1 cm³/mol. The van der Waals surface area contributed by atoms with Gasteiger partial charge in [0.25, 0.3) is 5.91 Å². The average Bonchev–Trinajstić information content (AvgIpc) is 2.38. The second kappa shape index (κ2) is 5.22. The van der Waals surface area contributed by atoms with Gasteiger partial charge in [-0.2, -0.15) is 5.26 Å². The van der Waals surface area contributed by atoms with Crippen LogP contribution in [0, 0.1) is 11.3 Å². The lowest BCUT2D eigenvalue weighted by molar-refractivity contribution is 0.0511. The SMILES string of the molecule is C[C@@H]1CCC[C@H](C)N1C(=O)c1cccc(C#N)c1. The van der Waals surface area contributed by atoms with E-state index in [0.29, 0.717) is 11.1 Å². The topological polar surface area (TPSA) is 44.1 Å². The van der Waals surface area contributed by atoms with Gasteiger partial charge in [0.2, 0.25) is 0 Å². The van der Waals surface area contributed by atoms with E-state index in [1.54, 1.807) is 24.3 Å². The van der Waals surface area contributed by atoms with Crippen molar-refractivity contribution < 1.29 is 4.79 Å². The molecule has 0 N–H and O–H groups in total. The van der Waals surface area contributed by atoms with Crippen LogP contribution >= 0.6 is 0 Å². The van der Waals surface area contributed by atoms with Crippen molar-refractivity contribution in [2.75, 3.05) is 0 Å². The van der Waals surface area contributed by atoms with Gasteiger partial charge >= 0.3 is 0 Å². The molecule has 0 unspecified atom stereocenters. The van der Waals surface area contributed by atoms with Crippen LogP contribution in [-0.2, 0) is 0 Å². The summed E-state index contributed by atoms with van der Waals surface area (Å²) in [6.07, 6.45) is 3.31. The van der Waals surface area contributed by atoms with Gasteiger partial charge in [0.05, 0.1) is 11.6 Å². The van der Waals surface area contributed by atoms with Crippen LogP contribution in [0.3, 0.4) is 0 Å². The molecular formula is C15H18N2O. The third-order valence-electron chi connectivity index (χ3n) is 3.67. The molecule has 1 aromatic rings. The Morgan fingerprint density at radius 3 is 2.61 bits per heavy atom. The van der Waals surface area contributed by atoms with E-state index in [9.17, 15) is 4.79 Å². The second-order valence-corrected chi connectivity index (χ2v) is 5.03. The Morgan fingerprint density at radius 1 is 1.33 bits per heavy atom. The number of piperidine rings is 1. The van der Waals surface area contributed by atoms with Gasteiger partial charge in [-0.25, -0.2) is 0 Å². The third-order valence-corrected chi connectivity index (χ3v) is 3.67. The summed E-state index contributed by atoms with van der Waals surface area (Å²) in [5.74, 6) is 0.0480. The number of nitrogens with zero attached hydrogens (tertiary/aromatic N) is 2. The molecule has 3 nitrogen and oxygen atoms in total. The Morgan fingerprint density at radius 2 is 2.00 bits per heavy atom. The highest BCUT2D eigenvalue weighted by Gasteiger charge is 2.29. The van der Waals surface area contributed by atoms with E-state index in [1.165, 1.54) is 6.42 Å². The van der Waals surface area contributed by atoms with Crippen LogP contribution in [0.15, 0.2) is 24.3 Å². The average molecular weight is 242 g/mol. The van der Waals surface area contributed by atoms with Gasteiger partial charge in [0.15, 0.2) is 0 Å². The molecule has 1 fully saturated rings. The highest BCUT2D eigenvalue weighted by molar-refractivity contribution is 5.95. The first kappa shape index (κ1) is 12.6. The van der Waals surface area contributed by atoms with Crippen LogP contribution in [0.25, 0.3) is 0 Å². The van der Waals surface area contributed by atoms with E-state index in [2.05, 4.69) is 19.9 Å². The molecule has 0 radical (unpaired) electrons. The molecule has 2 rings (SSSR count). The van der Waals surface area contributed by atoms with Crippen LogP contribution < -0.4 is 0 Å². The number of carbonyl (C=O) groups is 1. The molecule has 0 aromatic heterocycles. The molecule has 94 valence electrons. The van der Waals surface area contributed by atoms with Crippen molar-refractivity contribution in [1.29, 1.82) is 5.26 Å². The minimum Gasteiger partial charge on any atom is -0.333 e. The first-order chi connectivity index (χ1) is 8.63. The second-order valence-electron chi connectivity index (χ2n) is 5.03. The smallest absolute Gasteiger partial charge is 0.254 e. The molecule has 1 saturated heterocycles. The van der Waals surface area contributed by atoms with Crippen molar-refractivity contribution in [2.24, 2.45) is 0 Å². The monoisotopic (exact) mass is 242 g/mol. The van der Waals surface area contributed by atoms with E-state index in [4.69, 9.17) is 5.26 Å². The van der Waals surface area contributed by atoms with E-state index < -0.39 is 0 Å². The lowest BCUT2D eigenvalue weighted by Crippen LogP contribution is -2.47. The summed E-state index contributed by atoms with van der Waals surface area (Å²) in [6, 6.07) is 9.60. The Kier molecular flexibility index (Phi) is 3.66. The molecule has 2 atom stereocenters. The van der Waals surface area contributed by atoms with Crippen molar-refractivity contribution >= 4 is 5.91 Å². The number of carbonyl (C=O) groups excluding carboxylic acids is 1. The Hall–Kier alpha value is -1.82. The van der Waals surface area contributed by atoms with Gasteiger partial charge < -0.3 is 4.90 Å². The Balaban J connectivity index is 2.27. The fourth-order valence-corrected chi connectivity index (χ4v) is 2.69. The van der Waals surface area contributed by atoms with Gasteiger partial charge in [-0.3, -0.25) is 4.79 Å². The minimum atomic E-state index is 0.0480. The maximum atomic E-state index is 12.5. The molecule has 1 aliphatic heterocycles. The van der Waals surface area contributed by atoms with E-state index >= 15 is 0 Å². The quantitative estimate of drug-likeness (QED) is 0.760. The molecule has 0 bridgehead atoms. The largest absolute Gasteiger partial charge is 0.333 e. The summed E-state index contributed by atoms with van der Waals surface area (Å²) in [6.45, 7) is 4.20. The molecule has 18 heavy (non-hydrogen) atoms. The number of amides is 1. The van der Waals surface area contributed by atoms with Crippen molar-refractivity contribution in [1.82, 2.24) is 4.90 Å². The summed E-state index contributed by atoms with van der Waals surface area (Å²) < 4.78 is 0. The zero-order valence-electron chi connectivity index (χ0n) is 10.9. The van der Waals surface area contributed by atoms with Gasteiger partial charge in [-0.05, 0) is 51.3 Å². The number of nitriles is 1. The maximum Gasteiger partial charge on any atom is 0.254 e. The number of hydrogen-bond donors (Lipinski definition) is 0. The number of hydrogen-bond acceptors (Lipinski definition) is 2. The van der Waals surface area contributed by atoms with Gasteiger partial charge in [0.1, 0.15) is 0 Å². The van der Waals surface area contributed by atoms with Crippen molar-refractivity contribution in [3.63, 3.8) is 0 Å². The molecule has 0 aliphatic carbocycles. The molecule has 1 aromatic carbocycles. The van der Waals surface area contributed by atoms with Gasteiger partial charge in [0, 0.05) is 17.6 Å². The van der Waals surface area contributed by atoms with E-state index in [-0.39, 0.29) is 18.0 Å². The highest BCUT2D eigenvalue weighted by atomic mass is 16.2. The van der Waals surface area contributed by atoms with Crippen LogP contribution in [0.5, 0.6) is 0 Å². The summed E-state index contributed by atoms with van der Waals surface area (Å²) in [4.78, 5) is 14.5. The van der Waals surface area contributed by atoms with Crippen LogP contribution in [0.4, 0.5) is 0 Å². The zero-order chi connectivity index (χ0) is 13.1. The van der Waals surface area contributed by atoms with Crippen molar-refractivity contribution in [2.45, 2.75) is 45.2 Å². The summed E-state index contributed by atoms with van der Waals surface area (Å²) in [7, 11) is 0. The number of likely N-dealkylation sites (tertiary alicyclic amines) is 1. The van der Waals surface area contributed by atoms with Crippen LogP contribution in [0.1, 0.15) is 49.0 Å². The summed E-state index contributed by atoms with van der Waals surface area (Å²) >= 11 is 0. The minimum absolute atomic E-state index is 0.0480. The van der Waals surface area contributed by atoms with Crippen molar-refractivity contribution in [3.05, 3.63) is 35.4 Å². The molecule has 1 amide bonds. The van der Waals surface area contributed by atoms with Crippen LogP contribution in [0.2, 0.25) is 0 Å². The lowest BCUT2D eigenvalue weighted by Gasteiger charge is -2.39. The molecule has 0 spiro atoms. The molecule has 1 heterocycles. The third kappa shape index (κ3) is 2.38. The standard InChI is InChI=1S/C15H18N2O/c1-11-5-3-6-12(2)17(11)15(18)14-8-4-7-13(9-14)10-16/h4,7-9,11-12H,3,5-6H2,1-2H3/t11-,12+. The molecule has 0 saturated carbocycles. The fourth-order valence-electron chi connectivity index (χ4n) is 2.69. The summed E-state index contributed by atoms with van der Waals surface area (Å²) in [5, 5.41) is 8.88. The maximum absolute atomic E-state index is 12.5. The number of rotatable bonds is 1. The summed E-state index contributed by atoms with van der Waals surface area (Å²) in [5.41, 5.74) is 1.16. The Labute approximate surface area is 108 Å². The number of benzene rings is 1. The molecule has 1 aliphatic rings. The first-order valence-electron chi connectivity index (χ1n) is 6.46. The fraction of sp³-hybridized carbons (Fsp3) is 0.467. The molecular weight excluding hydrogens is 224 g/mol. The van der Waals surface area contributed by atoms with Gasteiger partial charge in [-0.15, -0.1) is 0 Å². The van der Waals surface area contributed by atoms with E-state index in [1.807, 2.05) is 4.90 Å². The first-order valence-corrected chi connectivity index (χ1v) is 6.46. The van der Waals surface area contributed by atoms with E-state index in [0.717, 1.165) is 12.8 Å².